The summed E-state index contributed by atoms with van der Waals surface area (Å²) >= 11 is 0. The van der Waals surface area contributed by atoms with Crippen LogP contribution in [0.4, 0.5) is 0 Å². The van der Waals surface area contributed by atoms with E-state index in [0.717, 1.165) is 5.56 Å². The van der Waals surface area contributed by atoms with Gasteiger partial charge in [-0.3, -0.25) is 0 Å². The molecule has 12 heavy (non-hydrogen) atoms. The zero-order chi connectivity index (χ0) is 8.97. The zero-order valence-electron chi connectivity index (χ0n) is 7.04. The summed E-state index contributed by atoms with van der Waals surface area (Å²) in [5.74, 6) is 0. The maximum atomic E-state index is 7.60. The number of rotatable bonds is 2. The number of hydrogen-bond donors (Lipinski definition) is 2. The van der Waals surface area contributed by atoms with Gasteiger partial charge in [-0.2, -0.15) is 0 Å². The highest BCUT2D eigenvalue weighted by atomic mass is 14.6. The minimum Gasteiger partial charge on any atom is -0.402 e. The van der Waals surface area contributed by atoms with E-state index in [2.05, 4.69) is 0 Å². The Hall–Kier alpha value is -1.57. The van der Waals surface area contributed by atoms with Crippen LogP contribution < -0.4 is 5.73 Å². The molecule has 0 atom stereocenters. The highest BCUT2D eigenvalue weighted by Gasteiger charge is 1.94. The SMILES string of the molecule is C/C(N)=C/C(=N)c1ccccc1. The first-order valence-electron chi connectivity index (χ1n) is 3.78. The van der Waals surface area contributed by atoms with E-state index in [1.165, 1.54) is 0 Å². The molecule has 0 aliphatic heterocycles. The number of hydrogen-bond acceptors (Lipinski definition) is 2. The van der Waals surface area contributed by atoms with Crippen molar-refractivity contribution in [2.75, 3.05) is 0 Å². The minimum absolute atomic E-state index is 0.454. The molecule has 0 aliphatic carbocycles. The van der Waals surface area contributed by atoms with Crippen molar-refractivity contribution in [3.05, 3.63) is 47.7 Å². The van der Waals surface area contributed by atoms with Gasteiger partial charge in [0.2, 0.25) is 0 Å². The first-order valence-corrected chi connectivity index (χ1v) is 3.78. The number of nitrogens with two attached hydrogens (primary N) is 1. The van der Waals surface area contributed by atoms with E-state index >= 15 is 0 Å². The van der Waals surface area contributed by atoms with E-state index < -0.39 is 0 Å². The lowest BCUT2D eigenvalue weighted by Gasteiger charge is -1.97. The molecule has 0 aliphatic rings. The third-order valence-corrected chi connectivity index (χ3v) is 1.46. The predicted octanol–water partition coefficient (Wildman–Crippen LogP) is 1.92. The van der Waals surface area contributed by atoms with Gasteiger partial charge in [-0.05, 0) is 18.6 Å². The molecule has 1 rings (SSSR count). The number of benzene rings is 1. The van der Waals surface area contributed by atoms with Gasteiger partial charge in [0, 0.05) is 5.70 Å². The Kier molecular flexibility index (Phi) is 2.64. The number of nitrogens with one attached hydrogen (secondary N) is 1. The van der Waals surface area contributed by atoms with Crippen molar-refractivity contribution in [1.82, 2.24) is 0 Å². The third kappa shape index (κ3) is 2.23. The van der Waals surface area contributed by atoms with E-state index in [-0.39, 0.29) is 0 Å². The van der Waals surface area contributed by atoms with Gasteiger partial charge in [0.05, 0.1) is 5.71 Å². The fraction of sp³-hybridized carbons (Fsp3) is 0.100. The largest absolute Gasteiger partial charge is 0.402 e. The van der Waals surface area contributed by atoms with Crippen molar-refractivity contribution in [2.24, 2.45) is 5.73 Å². The normalized spacial score (nSPS) is 11.2. The summed E-state index contributed by atoms with van der Waals surface area (Å²) in [5.41, 5.74) is 7.45. The number of allylic oxidation sites excluding steroid dienone is 2. The molecule has 62 valence electrons. The van der Waals surface area contributed by atoms with Gasteiger partial charge in [0.15, 0.2) is 0 Å². The molecule has 0 fully saturated rings. The highest BCUT2D eigenvalue weighted by molar-refractivity contribution is 6.06. The first kappa shape index (κ1) is 8.53. The Morgan fingerprint density at radius 1 is 1.33 bits per heavy atom. The second-order valence-electron chi connectivity index (χ2n) is 2.67. The van der Waals surface area contributed by atoms with Gasteiger partial charge in [-0.1, -0.05) is 30.3 Å². The maximum absolute atomic E-state index is 7.60. The molecule has 1 aromatic rings. The molecular weight excluding hydrogens is 148 g/mol. The van der Waals surface area contributed by atoms with E-state index in [9.17, 15) is 0 Å². The topological polar surface area (TPSA) is 49.9 Å². The molecule has 0 aromatic heterocycles. The molecule has 0 saturated carbocycles. The Labute approximate surface area is 72.2 Å². The molecule has 0 unspecified atom stereocenters. The minimum atomic E-state index is 0.454. The molecule has 0 amide bonds. The molecule has 0 heterocycles. The van der Waals surface area contributed by atoms with Crippen LogP contribution in [0.1, 0.15) is 12.5 Å². The van der Waals surface area contributed by atoms with E-state index in [1.807, 2.05) is 30.3 Å². The average molecular weight is 160 g/mol. The molecule has 0 bridgehead atoms. The summed E-state index contributed by atoms with van der Waals surface area (Å²) in [5, 5.41) is 7.60. The van der Waals surface area contributed by atoms with Crippen LogP contribution in [0.3, 0.4) is 0 Å². The molecule has 0 saturated heterocycles. The second-order valence-corrected chi connectivity index (χ2v) is 2.67. The summed E-state index contributed by atoms with van der Waals surface area (Å²) in [6.45, 7) is 1.78. The van der Waals surface area contributed by atoms with Crippen LogP contribution in [0.2, 0.25) is 0 Å². The molecule has 3 N–H and O–H groups in total. The van der Waals surface area contributed by atoms with Gasteiger partial charge in [-0.25, -0.2) is 0 Å². The van der Waals surface area contributed by atoms with Crippen molar-refractivity contribution in [1.29, 1.82) is 5.41 Å². The lowest BCUT2D eigenvalue weighted by Crippen LogP contribution is -1.99. The summed E-state index contributed by atoms with van der Waals surface area (Å²) in [6.07, 6.45) is 1.65. The van der Waals surface area contributed by atoms with E-state index in [0.29, 0.717) is 11.4 Å². The zero-order valence-corrected chi connectivity index (χ0v) is 7.04. The van der Waals surface area contributed by atoms with E-state index in [1.54, 1.807) is 13.0 Å². The molecule has 0 spiro atoms. The lowest BCUT2D eigenvalue weighted by atomic mass is 10.1. The molecule has 0 radical (unpaired) electrons. The summed E-state index contributed by atoms with van der Waals surface area (Å²) < 4.78 is 0. The van der Waals surface area contributed by atoms with Crippen molar-refractivity contribution < 1.29 is 0 Å². The van der Waals surface area contributed by atoms with Crippen LogP contribution in [0, 0.1) is 5.41 Å². The quantitative estimate of drug-likeness (QED) is 0.638. The molecule has 1 aromatic carbocycles. The third-order valence-electron chi connectivity index (χ3n) is 1.46. The van der Waals surface area contributed by atoms with Gasteiger partial charge in [0.25, 0.3) is 0 Å². The van der Waals surface area contributed by atoms with Crippen molar-refractivity contribution in [3.63, 3.8) is 0 Å². The Balaban J connectivity index is 2.87. The van der Waals surface area contributed by atoms with Crippen molar-refractivity contribution in [2.45, 2.75) is 6.92 Å². The Bertz CT molecular complexity index is 295. The van der Waals surface area contributed by atoms with Gasteiger partial charge in [0.1, 0.15) is 0 Å². The van der Waals surface area contributed by atoms with Gasteiger partial charge < -0.3 is 11.1 Å². The van der Waals surface area contributed by atoms with Crippen molar-refractivity contribution >= 4 is 5.71 Å². The van der Waals surface area contributed by atoms with Crippen LogP contribution in [0.5, 0.6) is 0 Å². The fourth-order valence-electron chi connectivity index (χ4n) is 0.929. The summed E-state index contributed by atoms with van der Waals surface area (Å²) in [4.78, 5) is 0. The fourth-order valence-corrected chi connectivity index (χ4v) is 0.929. The Morgan fingerprint density at radius 2 is 1.92 bits per heavy atom. The van der Waals surface area contributed by atoms with Crippen LogP contribution in [-0.4, -0.2) is 5.71 Å². The highest BCUT2D eigenvalue weighted by Crippen LogP contribution is 2.01. The van der Waals surface area contributed by atoms with E-state index in [4.69, 9.17) is 11.1 Å². The molecule has 2 heteroatoms. The van der Waals surface area contributed by atoms with Gasteiger partial charge in [-0.15, -0.1) is 0 Å². The monoisotopic (exact) mass is 160 g/mol. The van der Waals surface area contributed by atoms with Gasteiger partial charge >= 0.3 is 0 Å². The molecule has 2 nitrogen and oxygen atoms in total. The van der Waals surface area contributed by atoms with Crippen LogP contribution in [-0.2, 0) is 0 Å². The standard InChI is InChI=1S/C10H12N2/c1-8(11)7-10(12)9-5-3-2-4-6-9/h2-7,12H,11H2,1H3/b8-7-,12-10?. The summed E-state index contributed by atoms with van der Waals surface area (Å²) in [6, 6.07) is 9.52. The average Bonchev–Trinajstić information content (AvgIpc) is 2.05. The van der Waals surface area contributed by atoms with Crippen LogP contribution in [0.15, 0.2) is 42.1 Å². The lowest BCUT2D eigenvalue weighted by molar-refractivity contribution is 1.32. The Morgan fingerprint density at radius 3 is 2.42 bits per heavy atom. The first-order chi connectivity index (χ1) is 5.70. The maximum Gasteiger partial charge on any atom is 0.0629 e. The summed E-state index contributed by atoms with van der Waals surface area (Å²) in [7, 11) is 0. The molecular formula is C10H12N2. The smallest absolute Gasteiger partial charge is 0.0629 e. The predicted molar refractivity (Wildman–Crippen MR) is 51.2 cm³/mol. The van der Waals surface area contributed by atoms with Crippen LogP contribution in [0.25, 0.3) is 0 Å². The second kappa shape index (κ2) is 3.72. The van der Waals surface area contributed by atoms with Crippen LogP contribution >= 0.6 is 0 Å². The van der Waals surface area contributed by atoms with Crippen molar-refractivity contribution in [3.8, 4) is 0 Å².